The van der Waals surface area contributed by atoms with E-state index < -0.39 is 11.5 Å². The van der Waals surface area contributed by atoms with Crippen LogP contribution in [0.15, 0.2) is 18.3 Å². The number of carbonyl (C=O) groups is 1. The molecule has 0 amide bonds. The van der Waals surface area contributed by atoms with Crippen LogP contribution in [0.5, 0.6) is 0 Å². The van der Waals surface area contributed by atoms with E-state index in [9.17, 15) is 9.90 Å². The van der Waals surface area contributed by atoms with Gasteiger partial charge in [0.25, 0.3) is 0 Å². The van der Waals surface area contributed by atoms with E-state index in [1.165, 1.54) is 0 Å². The molecule has 1 unspecified atom stereocenters. The summed E-state index contributed by atoms with van der Waals surface area (Å²) in [5.74, 6) is -0.720. The third-order valence-corrected chi connectivity index (χ3v) is 3.85. The number of aryl methyl sites for hydroxylation is 1. The highest BCUT2D eigenvalue weighted by Crippen LogP contribution is 2.29. The summed E-state index contributed by atoms with van der Waals surface area (Å²) in [5.41, 5.74) is 1.33. The van der Waals surface area contributed by atoms with Gasteiger partial charge in [0.05, 0.1) is 0 Å². The lowest BCUT2D eigenvalue weighted by atomic mass is 9.88. The van der Waals surface area contributed by atoms with Crippen LogP contribution in [0, 0.1) is 6.92 Å². The van der Waals surface area contributed by atoms with Crippen molar-refractivity contribution in [1.29, 1.82) is 0 Å². The molecule has 0 bridgehead atoms. The van der Waals surface area contributed by atoms with Crippen LogP contribution in [-0.2, 0) is 11.3 Å². The topological polar surface area (TPSA) is 53.4 Å². The number of hydrogen-bond donors (Lipinski definition) is 1. The quantitative estimate of drug-likeness (QED) is 0.891. The molecule has 2 rings (SSSR count). The van der Waals surface area contributed by atoms with Gasteiger partial charge < -0.3 is 5.11 Å². The largest absolute Gasteiger partial charge is 0.480 e. The molecular formula is C14H20N2O2. The van der Waals surface area contributed by atoms with Gasteiger partial charge in [-0.1, -0.05) is 6.07 Å². The summed E-state index contributed by atoms with van der Waals surface area (Å²) in [6, 6.07) is 4.00. The molecule has 1 aromatic rings. The first-order valence-corrected chi connectivity index (χ1v) is 6.42. The second-order valence-electron chi connectivity index (χ2n) is 5.27. The monoisotopic (exact) mass is 248 g/mol. The fourth-order valence-corrected chi connectivity index (χ4v) is 2.48. The predicted octanol–water partition coefficient (Wildman–Crippen LogP) is 2.22. The fourth-order valence-electron chi connectivity index (χ4n) is 2.48. The maximum atomic E-state index is 11.5. The lowest BCUT2D eigenvalue weighted by Crippen LogP contribution is -2.54. The molecule has 1 atom stereocenters. The van der Waals surface area contributed by atoms with Crippen molar-refractivity contribution in [2.24, 2.45) is 0 Å². The molecule has 0 aromatic carbocycles. The first-order valence-electron chi connectivity index (χ1n) is 6.42. The number of nitrogens with zero attached hydrogens (tertiary/aromatic N) is 2. The molecular weight excluding hydrogens is 228 g/mol. The van der Waals surface area contributed by atoms with Crippen molar-refractivity contribution in [1.82, 2.24) is 9.88 Å². The van der Waals surface area contributed by atoms with Gasteiger partial charge in [0.2, 0.25) is 0 Å². The Kier molecular flexibility index (Phi) is 3.66. The van der Waals surface area contributed by atoms with Crippen molar-refractivity contribution in [2.75, 3.05) is 6.54 Å². The second-order valence-corrected chi connectivity index (χ2v) is 5.27. The van der Waals surface area contributed by atoms with Gasteiger partial charge in [-0.25, -0.2) is 0 Å². The molecule has 0 spiro atoms. The fraction of sp³-hybridized carbons (Fsp3) is 0.571. The number of hydrogen-bond acceptors (Lipinski definition) is 3. The van der Waals surface area contributed by atoms with Gasteiger partial charge in [-0.05, 0) is 51.3 Å². The molecule has 1 N–H and O–H groups in total. The lowest BCUT2D eigenvalue weighted by Gasteiger charge is -2.41. The van der Waals surface area contributed by atoms with Crippen LogP contribution < -0.4 is 0 Å². The number of likely N-dealkylation sites (tertiary alicyclic amines) is 1. The summed E-state index contributed by atoms with van der Waals surface area (Å²) in [6.07, 6.45) is 4.63. The Morgan fingerprint density at radius 1 is 1.50 bits per heavy atom. The zero-order valence-electron chi connectivity index (χ0n) is 11.0. The molecule has 1 aromatic heterocycles. The molecule has 1 aliphatic heterocycles. The smallest absolute Gasteiger partial charge is 0.323 e. The second kappa shape index (κ2) is 5.06. The van der Waals surface area contributed by atoms with Gasteiger partial charge in [-0.15, -0.1) is 0 Å². The number of aliphatic carboxylic acids is 1. The van der Waals surface area contributed by atoms with Crippen molar-refractivity contribution in [2.45, 2.75) is 45.2 Å². The van der Waals surface area contributed by atoms with Gasteiger partial charge >= 0.3 is 5.97 Å². The SMILES string of the molecule is Cc1ccc(CN2CCCCC2(C)C(=O)O)cn1. The summed E-state index contributed by atoms with van der Waals surface area (Å²) in [6.45, 7) is 5.29. The average molecular weight is 248 g/mol. The summed E-state index contributed by atoms with van der Waals surface area (Å²) in [5, 5.41) is 9.43. The summed E-state index contributed by atoms with van der Waals surface area (Å²) < 4.78 is 0. The van der Waals surface area contributed by atoms with Crippen LogP contribution in [0.3, 0.4) is 0 Å². The molecule has 98 valence electrons. The molecule has 18 heavy (non-hydrogen) atoms. The maximum absolute atomic E-state index is 11.5. The zero-order valence-corrected chi connectivity index (χ0v) is 11.0. The third-order valence-electron chi connectivity index (χ3n) is 3.85. The average Bonchev–Trinajstić information content (AvgIpc) is 2.35. The Morgan fingerprint density at radius 3 is 2.89 bits per heavy atom. The number of pyridine rings is 1. The van der Waals surface area contributed by atoms with Crippen LogP contribution >= 0.6 is 0 Å². The minimum Gasteiger partial charge on any atom is -0.480 e. The first-order chi connectivity index (χ1) is 8.52. The Labute approximate surface area is 108 Å². The van der Waals surface area contributed by atoms with Crippen LogP contribution in [-0.4, -0.2) is 33.0 Å². The van der Waals surface area contributed by atoms with E-state index in [2.05, 4.69) is 9.88 Å². The number of piperidine rings is 1. The van der Waals surface area contributed by atoms with Gasteiger partial charge in [0.15, 0.2) is 0 Å². The van der Waals surface area contributed by atoms with Crippen LogP contribution in [0.4, 0.5) is 0 Å². The number of rotatable bonds is 3. The molecule has 0 saturated carbocycles. The van der Waals surface area contributed by atoms with Crippen LogP contribution in [0.1, 0.15) is 37.4 Å². The van der Waals surface area contributed by atoms with E-state index >= 15 is 0 Å². The number of aromatic nitrogens is 1. The molecule has 4 heteroatoms. The summed E-state index contributed by atoms with van der Waals surface area (Å²) in [4.78, 5) is 17.8. The van der Waals surface area contributed by atoms with Crippen molar-refractivity contribution in [3.05, 3.63) is 29.6 Å². The van der Waals surface area contributed by atoms with Gasteiger partial charge in [0.1, 0.15) is 5.54 Å². The third kappa shape index (κ3) is 2.53. The molecule has 0 aliphatic carbocycles. The van der Waals surface area contributed by atoms with Crippen molar-refractivity contribution >= 4 is 5.97 Å². The number of carboxylic acids is 1. The number of carboxylic acid groups (broad SMARTS) is 1. The van der Waals surface area contributed by atoms with Crippen molar-refractivity contribution in [3.63, 3.8) is 0 Å². The molecule has 4 nitrogen and oxygen atoms in total. The van der Waals surface area contributed by atoms with E-state index in [0.29, 0.717) is 6.54 Å². The molecule has 1 aliphatic rings. The van der Waals surface area contributed by atoms with Crippen molar-refractivity contribution in [3.8, 4) is 0 Å². The van der Waals surface area contributed by atoms with Crippen LogP contribution in [0.2, 0.25) is 0 Å². The van der Waals surface area contributed by atoms with Crippen molar-refractivity contribution < 1.29 is 9.90 Å². The summed E-state index contributed by atoms with van der Waals surface area (Å²) >= 11 is 0. The van der Waals surface area contributed by atoms with Gasteiger partial charge in [-0.3, -0.25) is 14.7 Å². The highest BCUT2D eigenvalue weighted by Gasteiger charge is 2.41. The molecule has 2 heterocycles. The van der Waals surface area contributed by atoms with Gasteiger partial charge in [-0.2, -0.15) is 0 Å². The van der Waals surface area contributed by atoms with E-state index in [1.54, 1.807) is 0 Å². The Bertz CT molecular complexity index is 430. The normalized spacial score (nSPS) is 25.0. The highest BCUT2D eigenvalue weighted by atomic mass is 16.4. The van der Waals surface area contributed by atoms with Crippen LogP contribution in [0.25, 0.3) is 0 Å². The first kappa shape index (κ1) is 13.0. The molecule has 0 radical (unpaired) electrons. The Balaban J connectivity index is 2.15. The molecule has 1 fully saturated rings. The Hall–Kier alpha value is -1.42. The van der Waals surface area contributed by atoms with E-state index in [4.69, 9.17) is 0 Å². The Morgan fingerprint density at radius 2 is 2.28 bits per heavy atom. The maximum Gasteiger partial charge on any atom is 0.323 e. The predicted molar refractivity (Wildman–Crippen MR) is 69.3 cm³/mol. The lowest BCUT2D eigenvalue weighted by molar-refractivity contribution is -0.153. The molecule has 1 saturated heterocycles. The van der Waals surface area contributed by atoms with E-state index in [1.807, 2.05) is 32.2 Å². The minimum absolute atomic E-state index is 0.663. The van der Waals surface area contributed by atoms with E-state index in [0.717, 1.165) is 37.1 Å². The summed E-state index contributed by atoms with van der Waals surface area (Å²) in [7, 11) is 0. The highest BCUT2D eigenvalue weighted by molar-refractivity contribution is 5.78. The minimum atomic E-state index is -0.733. The standard InChI is InChI=1S/C14H20N2O2/c1-11-5-6-12(9-15-11)10-16-8-4-3-7-14(16,2)13(17)18/h5-6,9H,3-4,7-8,10H2,1-2H3,(H,17,18). The van der Waals surface area contributed by atoms with Gasteiger partial charge in [0, 0.05) is 18.4 Å². The zero-order chi connectivity index (χ0) is 13.2. The van der Waals surface area contributed by atoms with E-state index in [-0.39, 0.29) is 0 Å².